The Labute approximate surface area is 157 Å². The summed E-state index contributed by atoms with van der Waals surface area (Å²) < 4.78 is 31.4. The van der Waals surface area contributed by atoms with E-state index in [9.17, 15) is 18.0 Å². The van der Waals surface area contributed by atoms with Crippen LogP contribution >= 0.6 is 0 Å². The molecule has 7 nitrogen and oxygen atoms in total. The molecule has 0 saturated heterocycles. The van der Waals surface area contributed by atoms with E-state index >= 15 is 0 Å². The predicted octanol–water partition coefficient (Wildman–Crippen LogP) is 1.34. The molecule has 0 aliphatic carbocycles. The van der Waals surface area contributed by atoms with Crippen LogP contribution in [0.5, 0.6) is 5.75 Å². The minimum absolute atomic E-state index is 0.00676. The van der Waals surface area contributed by atoms with E-state index in [1.807, 2.05) is 24.3 Å². The fourth-order valence-corrected chi connectivity index (χ4v) is 4.95. The molecule has 2 aliphatic heterocycles. The van der Waals surface area contributed by atoms with Gasteiger partial charge in [0.15, 0.2) is 0 Å². The molecule has 0 fully saturated rings. The number of nitrogens with zero attached hydrogens (tertiary/aromatic N) is 1. The van der Waals surface area contributed by atoms with Gasteiger partial charge in [0, 0.05) is 13.0 Å². The first-order valence-corrected chi connectivity index (χ1v) is 10.1. The SMILES string of the molecule is O=C(CCN1C(=O)c2ccccc2S1(=O)=O)N[C@@H]1COc2ccccc2C1. The van der Waals surface area contributed by atoms with Crippen molar-refractivity contribution in [3.8, 4) is 5.75 Å². The maximum Gasteiger partial charge on any atom is 0.269 e. The minimum Gasteiger partial charge on any atom is -0.491 e. The normalized spacial score (nSPS) is 19.8. The molecule has 2 amide bonds. The Morgan fingerprint density at radius 1 is 1.15 bits per heavy atom. The summed E-state index contributed by atoms with van der Waals surface area (Å²) in [7, 11) is -3.89. The molecular formula is C19H18N2O5S. The van der Waals surface area contributed by atoms with Gasteiger partial charge in [-0.05, 0) is 30.2 Å². The molecule has 1 N–H and O–H groups in total. The Hall–Kier alpha value is -2.87. The third kappa shape index (κ3) is 3.16. The molecule has 2 aliphatic rings. The molecule has 27 heavy (non-hydrogen) atoms. The molecule has 0 bridgehead atoms. The number of para-hydroxylation sites is 1. The van der Waals surface area contributed by atoms with Gasteiger partial charge in [0.25, 0.3) is 15.9 Å². The summed E-state index contributed by atoms with van der Waals surface area (Å²) in [5, 5.41) is 2.85. The molecule has 0 radical (unpaired) electrons. The Morgan fingerprint density at radius 3 is 2.70 bits per heavy atom. The average molecular weight is 386 g/mol. The van der Waals surface area contributed by atoms with Gasteiger partial charge in [-0.1, -0.05) is 30.3 Å². The lowest BCUT2D eigenvalue weighted by atomic mass is 10.0. The number of benzene rings is 2. The number of sulfonamides is 1. The third-order valence-corrected chi connectivity index (χ3v) is 6.54. The Bertz CT molecular complexity index is 1020. The van der Waals surface area contributed by atoms with Crippen LogP contribution in [-0.2, 0) is 21.2 Å². The van der Waals surface area contributed by atoms with E-state index in [1.54, 1.807) is 12.1 Å². The second-order valence-electron chi connectivity index (χ2n) is 6.52. The first-order valence-electron chi connectivity index (χ1n) is 8.63. The van der Waals surface area contributed by atoms with Crippen molar-refractivity contribution in [3.63, 3.8) is 0 Å². The van der Waals surface area contributed by atoms with Gasteiger partial charge in [0.1, 0.15) is 17.3 Å². The van der Waals surface area contributed by atoms with Crippen molar-refractivity contribution in [1.82, 2.24) is 9.62 Å². The number of carbonyl (C=O) groups excluding carboxylic acids is 2. The number of nitrogens with one attached hydrogen (secondary N) is 1. The molecule has 2 aromatic rings. The van der Waals surface area contributed by atoms with E-state index in [-0.39, 0.29) is 35.4 Å². The van der Waals surface area contributed by atoms with E-state index in [0.717, 1.165) is 15.6 Å². The number of ether oxygens (including phenoxy) is 1. The van der Waals surface area contributed by atoms with Crippen molar-refractivity contribution in [3.05, 3.63) is 59.7 Å². The molecule has 0 aromatic heterocycles. The van der Waals surface area contributed by atoms with Crippen LogP contribution in [0.25, 0.3) is 0 Å². The maximum atomic E-state index is 12.5. The number of rotatable bonds is 4. The number of fused-ring (bicyclic) bond motifs is 2. The summed E-state index contributed by atoms with van der Waals surface area (Å²) in [5.74, 6) is -0.0928. The zero-order chi connectivity index (χ0) is 19.0. The van der Waals surface area contributed by atoms with Crippen molar-refractivity contribution in [2.24, 2.45) is 0 Å². The van der Waals surface area contributed by atoms with Crippen LogP contribution in [-0.4, -0.2) is 43.7 Å². The molecule has 0 saturated carbocycles. The summed E-state index contributed by atoms with van der Waals surface area (Å²) in [6.45, 7) is 0.168. The summed E-state index contributed by atoms with van der Waals surface area (Å²) in [6, 6.07) is 13.5. The lowest BCUT2D eigenvalue weighted by Crippen LogP contribution is -2.44. The number of amides is 2. The van der Waals surface area contributed by atoms with Crippen LogP contribution in [0.3, 0.4) is 0 Å². The van der Waals surface area contributed by atoms with Crippen LogP contribution in [0.1, 0.15) is 22.3 Å². The highest BCUT2D eigenvalue weighted by Gasteiger charge is 2.40. The van der Waals surface area contributed by atoms with Gasteiger partial charge >= 0.3 is 0 Å². The molecule has 2 aromatic carbocycles. The van der Waals surface area contributed by atoms with Gasteiger partial charge in [0.2, 0.25) is 5.91 Å². The minimum atomic E-state index is -3.89. The largest absolute Gasteiger partial charge is 0.491 e. The summed E-state index contributed by atoms with van der Waals surface area (Å²) in [5.41, 5.74) is 1.16. The molecule has 140 valence electrons. The van der Waals surface area contributed by atoms with E-state index in [4.69, 9.17) is 4.74 Å². The molecule has 8 heteroatoms. The lowest BCUT2D eigenvalue weighted by molar-refractivity contribution is -0.122. The average Bonchev–Trinajstić information content (AvgIpc) is 2.86. The Kier molecular flexibility index (Phi) is 4.35. The van der Waals surface area contributed by atoms with Crippen molar-refractivity contribution in [2.75, 3.05) is 13.2 Å². The van der Waals surface area contributed by atoms with Crippen LogP contribution in [0.4, 0.5) is 0 Å². The van der Waals surface area contributed by atoms with Gasteiger partial charge in [-0.15, -0.1) is 0 Å². The fourth-order valence-electron chi connectivity index (χ4n) is 3.38. The van der Waals surface area contributed by atoms with Gasteiger partial charge in [-0.2, -0.15) is 0 Å². The highest BCUT2D eigenvalue weighted by Crippen LogP contribution is 2.30. The quantitative estimate of drug-likeness (QED) is 0.856. The fraction of sp³-hybridized carbons (Fsp3) is 0.263. The molecule has 0 unspecified atom stereocenters. The highest BCUT2D eigenvalue weighted by atomic mass is 32.2. The molecule has 1 atom stereocenters. The van der Waals surface area contributed by atoms with Gasteiger partial charge in [-0.25, -0.2) is 12.7 Å². The second kappa shape index (κ2) is 6.70. The summed E-state index contributed by atoms with van der Waals surface area (Å²) in [6.07, 6.45) is 0.547. The van der Waals surface area contributed by atoms with Gasteiger partial charge in [-0.3, -0.25) is 9.59 Å². The van der Waals surface area contributed by atoms with Crippen molar-refractivity contribution in [1.29, 1.82) is 0 Å². The van der Waals surface area contributed by atoms with Crippen molar-refractivity contribution in [2.45, 2.75) is 23.8 Å². The van der Waals surface area contributed by atoms with E-state index in [0.29, 0.717) is 13.0 Å². The third-order valence-electron chi connectivity index (χ3n) is 4.70. The first kappa shape index (κ1) is 17.5. The zero-order valence-corrected chi connectivity index (χ0v) is 15.2. The van der Waals surface area contributed by atoms with Crippen LogP contribution in [0, 0.1) is 0 Å². The molecular weight excluding hydrogens is 368 g/mol. The first-order chi connectivity index (χ1) is 13.0. The van der Waals surface area contributed by atoms with E-state index in [1.165, 1.54) is 12.1 Å². The second-order valence-corrected chi connectivity index (χ2v) is 8.35. The number of hydrogen-bond acceptors (Lipinski definition) is 5. The van der Waals surface area contributed by atoms with E-state index in [2.05, 4.69) is 5.32 Å². The maximum absolute atomic E-state index is 12.5. The lowest BCUT2D eigenvalue weighted by Gasteiger charge is -2.26. The molecule has 0 spiro atoms. The van der Waals surface area contributed by atoms with Gasteiger partial charge in [0.05, 0.1) is 11.6 Å². The monoisotopic (exact) mass is 386 g/mol. The van der Waals surface area contributed by atoms with Crippen molar-refractivity contribution < 1.29 is 22.7 Å². The topological polar surface area (TPSA) is 92.8 Å². The number of hydrogen-bond donors (Lipinski definition) is 1. The predicted molar refractivity (Wildman–Crippen MR) is 96.9 cm³/mol. The summed E-state index contributed by atoms with van der Waals surface area (Å²) in [4.78, 5) is 24.6. The van der Waals surface area contributed by atoms with Crippen LogP contribution < -0.4 is 10.1 Å². The highest BCUT2D eigenvalue weighted by molar-refractivity contribution is 7.90. The van der Waals surface area contributed by atoms with E-state index < -0.39 is 15.9 Å². The van der Waals surface area contributed by atoms with Crippen LogP contribution in [0.15, 0.2) is 53.4 Å². The number of carbonyl (C=O) groups is 2. The Morgan fingerprint density at radius 2 is 1.89 bits per heavy atom. The zero-order valence-electron chi connectivity index (χ0n) is 14.4. The van der Waals surface area contributed by atoms with Crippen LogP contribution in [0.2, 0.25) is 0 Å². The Balaban J connectivity index is 1.37. The van der Waals surface area contributed by atoms with Crippen molar-refractivity contribution >= 4 is 21.8 Å². The smallest absolute Gasteiger partial charge is 0.269 e. The summed E-state index contributed by atoms with van der Waals surface area (Å²) >= 11 is 0. The standard InChI is InChI=1S/C19H18N2O5S/c22-18(20-14-11-13-5-1-3-7-16(13)26-12-14)9-10-21-19(23)15-6-2-4-8-17(15)27(21,24)25/h1-8,14H,9-12H2,(H,20,22)/t14-/m0/s1. The van der Waals surface area contributed by atoms with Gasteiger partial charge < -0.3 is 10.1 Å². The molecule has 4 rings (SSSR count). The molecule has 2 heterocycles.